The third-order valence-corrected chi connectivity index (χ3v) is 4.96. The molecule has 24 heavy (non-hydrogen) atoms. The quantitative estimate of drug-likeness (QED) is 0.831. The van der Waals surface area contributed by atoms with Gasteiger partial charge in [-0.15, -0.1) is 0 Å². The van der Waals surface area contributed by atoms with Crippen LogP contribution in [0.3, 0.4) is 0 Å². The molecule has 1 aromatic heterocycles. The van der Waals surface area contributed by atoms with E-state index >= 15 is 0 Å². The van der Waals surface area contributed by atoms with Crippen LogP contribution in [-0.4, -0.2) is 40.0 Å². The van der Waals surface area contributed by atoms with E-state index < -0.39 is 5.54 Å². The minimum absolute atomic E-state index is 0.0512. The Morgan fingerprint density at radius 3 is 2.75 bits per heavy atom. The lowest BCUT2D eigenvalue weighted by molar-refractivity contribution is -0.121. The van der Waals surface area contributed by atoms with Gasteiger partial charge in [-0.2, -0.15) is 5.10 Å². The average molecular weight is 344 g/mol. The smallest absolute Gasteiger partial charge is 0.252 e. The zero-order valence-electron chi connectivity index (χ0n) is 13.3. The van der Waals surface area contributed by atoms with Crippen LogP contribution in [0.5, 0.6) is 0 Å². The van der Waals surface area contributed by atoms with Crippen LogP contribution in [0, 0.1) is 0 Å². The third kappa shape index (κ3) is 2.42. The van der Waals surface area contributed by atoms with Gasteiger partial charge in [0.15, 0.2) is 0 Å². The number of carbonyl (C=O) groups excluding carboxylic acids is 1. The number of aliphatic imine (C=N–C) groups is 1. The van der Waals surface area contributed by atoms with E-state index in [1.807, 2.05) is 25.2 Å². The van der Waals surface area contributed by atoms with E-state index in [0.717, 1.165) is 35.7 Å². The van der Waals surface area contributed by atoms with E-state index in [4.69, 9.17) is 16.6 Å². The number of nitrogens with zero attached hydrogens (tertiary/aromatic N) is 3. The van der Waals surface area contributed by atoms with E-state index in [9.17, 15) is 4.79 Å². The molecular weight excluding hydrogens is 326 g/mol. The van der Waals surface area contributed by atoms with Gasteiger partial charge in [0, 0.05) is 23.8 Å². The molecule has 0 radical (unpaired) electrons. The van der Waals surface area contributed by atoms with E-state index in [0.29, 0.717) is 17.9 Å². The maximum absolute atomic E-state index is 12.9. The van der Waals surface area contributed by atoms with Gasteiger partial charge >= 0.3 is 0 Å². The van der Waals surface area contributed by atoms with Crippen molar-refractivity contribution in [1.82, 2.24) is 15.1 Å². The Morgan fingerprint density at radius 1 is 1.25 bits per heavy atom. The van der Waals surface area contributed by atoms with E-state index in [1.54, 1.807) is 16.9 Å². The van der Waals surface area contributed by atoms with Gasteiger partial charge in [-0.25, -0.2) is 0 Å². The summed E-state index contributed by atoms with van der Waals surface area (Å²) < 4.78 is 1.77. The van der Waals surface area contributed by atoms with Crippen LogP contribution < -0.4 is 10.6 Å². The van der Waals surface area contributed by atoms with Gasteiger partial charge in [0.05, 0.1) is 17.1 Å². The molecule has 3 heterocycles. The second-order valence-electron chi connectivity index (χ2n) is 6.23. The van der Waals surface area contributed by atoms with Crippen molar-refractivity contribution in [2.45, 2.75) is 18.4 Å². The molecule has 4 rings (SSSR count). The van der Waals surface area contributed by atoms with Crippen molar-refractivity contribution in [3.63, 3.8) is 0 Å². The molecule has 0 saturated carbocycles. The van der Waals surface area contributed by atoms with Crippen molar-refractivity contribution in [2.75, 3.05) is 18.4 Å². The topological polar surface area (TPSA) is 71.3 Å². The number of hydrogen-bond acceptors (Lipinski definition) is 4. The monoisotopic (exact) mass is 343 g/mol. The number of rotatable bonds is 1. The molecule has 2 aromatic rings. The molecule has 0 aliphatic carbocycles. The highest BCUT2D eigenvalue weighted by atomic mass is 35.5. The van der Waals surface area contributed by atoms with Crippen LogP contribution in [-0.2, 0) is 11.8 Å². The van der Waals surface area contributed by atoms with Gasteiger partial charge in [-0.3, -0.25) is 14.5 Å². The first-order chi connectivity index (χ1) is 11.6. The molecule has 1 saturated heterocycles. The van der Waals surface area contributed by atoms with Crippen molar-refractivity contribution in [3.05, 3.63) is 46.7 Å². The fourth-order valence-corrected chi connectivity index (χ4v) is 3.54. The molecule has 6 nitrogen and oxygen atoms in total. The second-order valence-corrected chi connectivity index (χ2v) is 6.66. The first-order valence-electron chi connectivity index (χ1n) is 7.99. The number of aryl methyl sites for hydroxylation is 1. The lowest BCUT2D eigenvalue weighted by Gasteiger charge is -2.32. The molecule has 0 atom stereocenters. The van der Waals surface area contributed by atoms with Crippen LogP contribution in [0.1, 0.15) is 24.1 Å². The van der Waals surface area contributed by atoms with Crippen molar-refractivity contribution < 1.29 is 4.79 Å². The predicted octanol–water partition coefficient (Wildman–Crippen LogP) is 1.99. The number of benzene rings is 1. The first kappa shape index (κ1) is 15.4. The standard InChI is InChI=1S/C17H18ClN5O/c1-23-14(4-7-20-23)15-12-10-11(18)2-3-13(12)21-16(24)17(22-15)5-8-19-9-6-17/h2-4,7,10,19H,5-6,8-9H2,1H3,(H,21,24). The van der Waals surface area contributed by atoms with Crippen molar-refractivity contribution in [3.8, 4) is 0 Å². The van der Waals surface area contributed by atoms with Crippen LogP contribution >= 0.6 is 11.6 Å². The van der Waals surface area contributed by atoms with Gasteiger partial charge in [0.1, 0.15) is 5.54 Å². The molecule has 7 heteroatoms. The highest BCUT2D eigenvalue weighted by Gasteiger charge is 2.42. The lowest BCUT2D eigenvalue weighted by Crippen LogP contribution is -2.49. The Bertz CT molecular complexity index is 835. The summed E-state index contributed by atoms with van der Waals surface area (Å²) in [4.78, 5) is 17.9. The summed E-state index contributed by atoms with van der Waals surface area (Å²) >= 11 is 6.21. The zero-order chi connectivity index (χ0) is 16.7. The van der Waals surface area contributed by atoms with Crippen molar-refractivity contribution >= 4 is 28.9 Å². The van der Waals surface area contributed by atoms with E-state index in [1.165, 1.54) is 0 Å². The number of halogens is 1. The maximum atomic E-state index is 12.9. The summed E-state index contributed by atoms with van der Waals surface area (Å²) in [7, 11) is 1.87. The van der Waals surface area contributed by atoms with Crippen LogP contribution in [0.15, 0.2) is 35.5 Å². The van der Waals surface area contributed by atoms with Gasteiger partial charge < -0.3 is 10.6 Å². The number of carbonyl (C=O) groups is 1. The number of aromatic nitrogens is 2. The van der Waals surface area contributed by atoms with Gasteiger partial charge in [-0.05, 0) is 50.2 Å². The lowest BCUT2D eigenvalue weighted by atomic mass is 9.88. The van der Waals surface area contributed by atoms with Crippen LogP contribution in [0.2, 0.25) is 5.02 Å². The number of amides is 1. The second kappa shape index (κ2) is 5.72. The molecule has 0 unspecified atom stereocenters. The molecule has 1 amide bonds. The number of anilines is 1. The van der Waals surface area contributed by atoms with E-state index in [-0.39, 0.29) is 5.91 Å². The molecule has 124 valence electrons. The SMILES string of the molecule is Cn1nccc1C1=NC2(CCNCC2)C(=O)Nc2ccc(Cl)cc21. The Balaban J connectivity index is 1.96. The maximum Gasteiger partial charge on any atom is 0.252 e. The fraction of sp³-hybridized carbons (Fsp3) is 0.353. The minimum atomic E-state index is -0.754. The zero-order valence-corrected chi connectivity index (χ0v) is 14.1. The number of piperidine rings is 1. The minimum Gasteiger partial charge on any atom is -0.323 e. The molecule has 1 aromatic carbocycles. The summed E-state index contributed by atoms with van der Waals surface area (Å²) in [5.74, 6) is -0.0512. The summed E-state index contributed by atoms with van der Waals surface area (Å²) in [6.45, 7) is 1.54. The normalized spacial score (nSPS) is 19.4. The third-order valence-electron chi connectivity index (χ3n) is 4.73. The van der Waals surface area contributed by atoms with Crippen molar-refractivity contribution in [1.29, 1.82) is 0 Å². The first-order valence-corrected chi connectivity index (χ1v) is 8.37. The highest BCUT2D eigenvalue weighted by molar-refractivity contribution is 6.32. The fourth-order valence-electron chi connectivity index (χ4n) is 3.37. The molecule has 1 fully saturated rings. The average Bonchev–Trinajstić information content (AvgIpc) is 2.97. The predicted molar refractivity (Wildman–Crippen MR) is 93.8 cm³/mol. The Kier molecular flexibility index (Phi) is 3.66. The molecule has 2 aliphatic rings. The largest absolute Gasteiger partial charge is 0.323 e. The van der Waals surface area contributed by atoms with E-state index in [2.05, 4.69) is 15.7 Å². The Morgan fingerprint density at radius 2 is 2.04 bits per heavy atom. The molecule has 2 aliphatic heterocycles. The van der Waals surface area contributed by atoms with Crippen molar-refractivity contribution in [2.24, 2.45) is 12.0 Å². The molecular formula is C17H18ClN5O. The molecule has 1 spiro atoms. The van der Waals surface area contributed by atoms with Gasteiger partial charge in [-0.1, -0.05) is 11.6 Å². The molecule has 0 bridgehead atoms. The Hall–Kier alpha value is -2.18. The summed E-state index contributed by atoms with van der Waals surface area (Å²) in [6.07, 6.45) is 3.07. The van der Waals surface area contributed by atoms with Gasteiger partial charge in [0.25, 0.3) is 5.91 Å². The number of hydrogen-bond donors (Lipinski definition) is 2. The number of nitrogens with one attached hydrogen (secondary N) is 2. The molecule has 2 N–H and O–H groups in total. The summed E-state index contributed by atoms with van der Waals surface area (Å²) in [5, 5.41) is 11.2. The van der Waals surface area contributed by atoms with Crippen LogP contribution in [0.4, 0.5) is 5.69 Å². The number of fused-ring (bicyclic) bond motifs is 1. The summed E-state index contributed by atoms with van der Waals surface area (Å²) in [6, 6.07) is 7.38. The Labute approximate surface area is 144 Å². The summed E-state index contributed by atoms with van der Waals surface area (Å²) in [5.41, 5.74) is 2.44. The highest BCUT2D eigenvalue weighted by Crippen LogP contribution is 2.34. The van der Waals surface area contributed by atoms with Crippen LogP contribution in [0.25, 0.3) is 0 Å². The van der Waals surface area contributed by atoms with Gasteiger partial charge in [0.2, 0.25) is 0 Å².